The topological polar surface area (TPSA) is 64.2 Å². The zero-order valence-electron chi connectivity index (χ0n) is 18.3. The summed E-state index contributed by atoms with van der Waals surface area (Å²) in [6.45, 7) is 5.39. The fourth-order valence-corrected chi connectivity index (χ4v) is 4.28. The number of aryl methyl sites for hydroxylation is 2. The molecule has 3 heterocycles. The van der Waals surface area contributed by atoms with Crippen LogP contribution in [0.2, 0.25) is 0 Å². The lowest BCUT2D eigenvalue weighted by molar-refractivity contribution is -0.140. The van der Waals surface area contributed by atoms with E-state index in [2.05, 4.69) is 14.7 Å². The molecule has 0 N–H and O–H groups in total. The molecule has 1 amide bonds. The molecule has 10 heteroatoms. The van der Waals surface area contributed by atoms with E-state index in [9.17, 15) is 22.4 Å². The Morgan fingerprint density at radius 3 is 2.55 bits per heavy atom. The predicted molar refractivity (Wildman–Crippen MR) is 111 cm³/mol. The average Bonchev–Trinajstić information content (AvgIpc) is 3.35. The highest BCUT2D eigenvalue weighted by Crippen LogP contribution is 2.32. The Morgan fingerprint density at radius 1 is 1.21 bits per heavy atom. The molecule has 0 unspecified atom stereocenters. The summed E-state index contributed by atoms with van der Waals surface area (Å²) in [7, 11) is 0. The van der Waals surface area contributed by atoms with Gasteiger partial charge in [0.05, 0.1) is 24.2 Å². The molecule has 4 rings (SSSR count). The number of halogens is 4. The minimum atomic E-state index is -4.76. The van der Waals surface area contributed by atoms with Gasteiger partial charge in [-0.15, -0.1) is 0 Å². The van der Waals surface area contributed by atoms with E-state index in [4.69, 9.17) is 4.52 Å². The Hall–Kier alpha value is -3.17. The van der Waals surface area contributed by atoms with Crippen molar-refractivity contribution in [2.45, 2.75) is 51.7 Å². The van der Waals surface area contributed by atoms with E-state index in [1.807, 2.05) is 20.0 Å². The molecule has 1 aliphatic heterocycles. The van der Waals surface area contributed by atoms with Crippen LogP contribution in [0.25, 0.3) is 0 Å². The van der Waals surface area contributed by atoms with E-state index in [1.165, 1.54) is 0 Å². The molecule has 3 aromatic rings. The number of hydrogen-bond donors (Lipinski definition) is 0. The van der Waals surface area contributed by atoms with Gasteiger partial charge in [-0.05, 0) is 44.4 Å². The monoisotopic (exact) mass is 464 g/mol. The summed E-state index contributed by atoms with van der Waals surface area (Å²) in [5, 5.41) is 3.99. The largest absolute Gasteiger partial charge is 0.419 e. The van der Waals surface area contributed by atoms with Gasteiger partial charge in [0.25, 0.3) is 0 Å². The number of carbonyl (C=O) groups is 1. The van der Waals surface area contributed by atoms with Gasteiger partial charge in [-0.2, -0.15) is 13.2 Å². The number of nitrogens with zero attached hydrogens (tertiary/aromatic N) is 4. The summed E-state index contributed by atoms with van der Waals surface area (Å²) in [5.41, 5.74) is 0.757. The van der Waals surface area contributed by atoms with E-state index in [1.54, 1.807) is 11.1 Å². The van der Waals surface area contributed by atoms with Crippen molar-refractivity contribution in [3.05, 3.63) is 70.4 Å². The number of aromatic nitrogens is 3. The third-order valence-electron chi connectivity index (χ3n) is 6.16. The van der Waals surface area contributed by atoms with Crippen LogP contribution in [-0.2, 0) is 23.9 Å². The third kappa shape index (κ3) is 4.94. The molecule has 2 aromatic heterocycles. The lowest BCUT2D eigenvalue weighted by Gasteiger charge is -2.32. The van der Waals surface area contributed by atoms with Crippen LogP contribution in [0.15, 0.2) is 35.1 Å². The molecule has 0 aliphatic carbocycles. The number of alkyl halides is 3. The minimum absolute atomic E-state index is 0.138. The van der Waals surface area contributed by atoms with E-state index < -0.39 is 17.6 Å². The second-order valence-electron chi connectivity index (χ2n) is 8.36. The van der Waals surface area contributed by atoms with Gasteiger partial charge in [0.2, 0.25) is 5.91 Å². The molecule has 0 saturated carbocycles. The van der Waals surface area contributed by atoms with Crippen molar-refractivity contribution in [2.75, 3.05) is 13.1 Å². The first-order valence-electron chi connectivity index (χ1n) is 10.7. The quantitative estimate of drug-likeness (QED) is 0.516. The summed E-state index contributed by atoms with van der Waals surface area (Å²) >= 11 is 0. The molecule has 1 fully saturated rings. The molecular formula is C23H24F4N4O2. The Bertz CT molecular complexity index is 1120. The van der Waals surface area contributed by atoms with Gasteiger partial charge in [0.1, 0.15) is 17.4 Å². The van der Waals surface area contributed by atoms with Gasteiger partial charge in [0.15, 0.2) is 0 Å². The van der Waals surface area contributed by atoms with Gasteiger partial charge in [-0.1, -0.05) is 11.2 Å². The van der Waals surface area contributed by atoms with Crippen LogP contribution in [0.3, 0.4) is 0 Å². The van der Waals surface area contributed by atoms with Crippen molar-refractivity contribution < 1.29 is 26.9 Å². The first kappa shape index (κ1) is 23.0. The first-order valence-corrected chi connectivity index (χ1v) is 10.7. The number of piperidine rings is 1. The Balaban J connectivity index is 1.36. The molecule has 176 valence electrons. The fraction of sp³-hybridized carbons (Fsp3) is 0.435. The number of amides is 1. The minimum Gasteiger partial charge on any atom is -0.361 e. The molecule has 1 aromatic carbocycles. The number of benzene rings is 1. The molecular weight excluding hydrogens is 440 g/mol. The van der Waals surface area contributed by atoms with Crippen LogP contribution in [0.4, 0.5) is 17.6 Å². The molecule has 0 atom stereocenters. The van der Waals surface area contributed by atoms with Gasteiger partial charge in [0, 0.05) is 37.0 Å². The van der Waals surface area contributed by atoms with Gasteiger partial charge >= 0.3 is 6.18 Å². The maximum absolute atomic E-state index is 13.8. The standard InChI is InChI=1S/C23H24F4N4O2/c1-14-18(15(2)33-29-14)13-31-10-7-28-22(31)17-5-8-30(9-6-17)21(32)12-16-3-4-19(20(24)11-16)23(25,26)27/h3-4,7,10-11,17H,5-6,8-9,12-13H2,1-2H3. The number of carbonyl (C=O) groups excluding carboxylic acids is 1. The molecule has 33 heavy (non-hydrogen) atoms. The maximum atomic E-state index is 13.8. The highest BCUT2D eigenvalue weighted by molar-refractivity contribution is 5.78. The van der Waals surface area contributed by atoms with Crippen molar-refractivity contribution in [1.82, 2.24) is 19.6 Å². The van der Waals surface area contributed by atoms with Crippen LogP contribution < -0.4 is 0 Å². The summed E-state index contributed by atoms with van der Waals surface area (Å²) in [4.78, 5) is 18.9. The molecule has 6 nitrogen and oxygen atoms in total. The summed E-state index contributed by atoms with van der Waals surface area (Å²) in [5.74, 6) is 0.288. The Labute approximate surface area is 188 Å². The highest BCUT2D eigenvalue weighted by atomic mass is 19.4. The molecule has 1 saturated heterocycles. The van der Waals surface area contributed by atoms with Crippen LogP contribution in [0.5, 0.6) is 0 Å². The molecule has 1 aliphatic rings. The summed E-state index contributed by atoms with van der Waals surface area (Å²) in [6, 6.07) is 2.63. The van der Waals surface area contributed by atoms with E-state index in [0.29, 0.717) is 38.5 Å². The van der Waals surface area contributed by atoms with Gasteiger partial charge in [-0.3, -0.25) is 4.79 Å². The third-order valence-corrected chi connectivity index (χ3v) is 6.16. The lowest BCUT2D eigenvalue weighted by Crippen LogP contribution is -2.39. The lowest BCUT2D eigenvalue weighted by atomic mass is 9.95. The highest BCUT2D eigenvalue weighted by Gasteiger charge is 2.34. The summed E-state index contributed by atoms with van der Waals surface area (Å²) < 4.78 is 59.3. The normalized spacial score (nSPS) is 15.3. The van der Waals surface area contributed by atoms with Crippen LogP contribution in [0, 0.1) is 19.7 Å². The molecule has 0 radical (unpaired) electrons. The van der Waals surface area contributed by atoms with Crippen molar-refractivity contribution >= 4 is 5.91 Å². The number of rotatable bonds is 5. The number of hydrogen-bond acceptors (Lipinski definition) is 4. The van der Waals surface area contributed by atoms with Crippen molar-refractivity contribution in [2.24, 2.45) is 0 Å². The smallest absolute Gasteiger partial charge is 0.361 e. The first-order chi connectivity index (χ1) is 15.6. The second kappa shape index (κ2) is 8.99. The summed E-state index contributed by atoms with van der Waals surface area (Å²) in [6.07, 6.45) is 0.200. The van der Waals surface area contributed by atoms with Crippen LogP contribution >= 0.6 is 0 Å². The molecule has 0 spiro atoms. The molecule has 0 bridgehead atoms. The number of imidazole rings is 1. The van der Waals surface area contributed by atoms with E-state index in [-0.39, 0.29) is 23.8 Å². The van der Waals surface area contributed by atoms with Crippen molar-refractivity contribution in [1.29, 1.82) is 0 Å². The zero-order chi connectivity index (χ0) is 23.8. The van der Waals surface area contributed by atoms with Crippen molar-refractivity contribution in [3.63, 3.8) is 0 Å². The van der Waals surface area contributed by atoms with Gasteiger partial charge < -0.3 is 14.0 Å². The fourth-order valence-electron chi connectivity index (χ4n) is 4.28. The maximum Gasteiger partial charge on any atom is 0.419 e. The zero-order valence-corrected chi connectivity index (χ0v) is 18.3. The average molecular weight is 464 g/mol. The SMILES string of the molecule is Cc1noc(C)c1Cn1ccnc1C1CCN(C(=O)Cc2ccc(C(F)(F)F)c(F)c2)CC1. The predicted octanol–water partition coefficient (Wildman–Crippen LogP) is 4.64. The second-order valence-corrected chi connectivity index (χ2v) is 8.36. The van der Waals surface area contributed by atoms with E-state index in [0.717, 1.165) is 35.0 Å². The van der Waals surface area contributed by atoms with Crippen LogP contribution in [0.1, 0.15) is 52.7 Å². The van der Waals surface area contributed by atoms with Gasteiger partial charge in [-0.25, -0.2) is 9.37 Å². The van der Waals surface area contributed by atoms with Crippen LogP contribution in [-0.4, -0.2) is 38.6 Å². The Morgan fingerprint density at radius 2 is 1.94 bits per heavy atom. The van der Waals surface area contributed by atoms with E-state index >= 15 is 0 Å². The number of likely N-dealkylation sites (tertiary alicyclic amines) is 1. The van der Waals surface area contributed by atoms with Crippen molar-refractivity contribution in [3.8, 4) is 0 Å². The Kier molecular flexibility index (Phi) is 6.27.